The lowest BCUT2D eigenvalue weighted by Gasteiger charge is -2.12. The van der Waals surface area contributed by atoms with Crippen LogP contribution in [-0.2, 0) is 29.0 Å². The SMILES string of the molecule is COC(=O)C(=N)NOC(=O)C1(S(C)(=O)=O)CC1. The molecule has 9 heteroatoms. The first-order chi connectivity index (χ1) is 7.74. The fraction of sp³-hybridized carbons (Fsp3) is 0.625. The Labute approximate surface area is 97.7 Å². The maximum atomic E-state index is 11.5. The summed E-state index contributed by atoms with van der Waals surface area (Å²) in [4.78, 5) is 26.6. The lowest BCUT2D eigenvalue weighted by molar-refractivity contribution is -0.148. The van der Waals surface area contributed by atoms with Crippen LogP contribution >= 0.6 is 0 Å². The Balaban J connectivity index is 2.58. The molecule has 0 spiro atoms. The van der Waals surface area contributed by atoms with E-state index < -0.39 is 32.4 Å². The second-order valence-electron chi connectivity index (χ2n) is 3.62. The molecule has 0 unspecified atom stereocenters. The number of methoxy groups -OCH3 is 1. The summed E-state index contributed by atoms with van der Waals surface area (Å²) in [5.41, 5.74) is 1.75. The second-order valence-corrected chi connectivity index (χ2v) is 5.95. The third kappa shape index (κ3) is 2.54. The molecule has 0 bridgehead atoms. The average Bonchev–Trinajstić information content (AvgIpc) is 3.04. The predicted octanol–water partition coefficient (Wildman–Crippen LogP) is -1.24. The molecule has 0 heterocycles. The smallest absolute Gasteiger partial charge is 0.376 e. The number of carbonyl (C=O) groups excluding carboxylic acids is 2. The highest BCUT2D eigenvalue weighted by Gasteiger charge is 2.60. The minimum Gasteiger partial charge on any atom is -0.463 e. The molecule has 8 nitrogen and oxygen atoms in total. The van der Waals surface area contributed by atoms with E-state index in [0.717, 1.165) is 13.4 Å². The van der Waals surface area contributed by atoms with E-state index in [-0.39, 0.29) is 12.8 Å². The van der Waals surface area contributed by atoms with Gasteiger partial charge in [-0.25, -0.2) is 18.0 Å². The van der Waals surface area contributed by atoms with Crippen LogP contribution in [-0.4, -0.2) is 44.3 Å². The predicted molar refractivity (Wildman–Crippen MR) is 55.8 cm³/mol. The van der Waals surface area contributed by atoms with E-state index in [1.807, 2.05) is 0 Å². The molecule has 0 aromatic heterocycles. The van der Waals surface area contributed by atoms with Crippen LogP contribution in [0, 0.1) is 5.41 Å². The Hall–Kier alpha value is -1.64. The van der Waals surface area contributed by atoms with Crippen molar-refractivity contribution in [3.63, 3.8) is 0 Å². The molecule has 0 aromatic carbocycles. The van der Waals surface area contributed by atoms with E-state index in [2.05, 4.69) is 9.57 Å². The maximum Gasteiger partial charge on any atom is 0.376 e. The Morgan fingerprint density at radius 2 is 1.88 bits per heavy atom. The summed E-state index contributed by atoms with van der Waals surface area (Å²) >= 11 is 0. The summed E-state index contributed by atoms with van der Waals surface area (Å²) in [6.07, 6.45) is 1.29. The Kier molecular flexibility index (Phi) is 3.41. The topological polar surface area (TPSA) is 123 Å². The molecule has 0 radical (unpaired) electrons. The van der Waals surface area contributed by atoms with Crippen LogP contribution in [0.5, 0.6) is 0 Å². The standard InChI is InChI=1S/C8H12N2O6S/c1-15-6(11)5(9)10-16-7(12)8(3-4-8)17(2,13)14/h3-4H2,1-2H3,(H2,9,10). The minimum absolute atomic E-state index is 0.178. The molecule has 1 saturated carbocycles. The number of sulfone groups is 1. The summed E-state index contributed by atoms with van der Waals surface area (Å²) in [6.45, 7) is 0. The molecule has 17 heavy (non-hydrogen) atoms. The molecule has 0 amide bonds. The van der Waals surface area contributed by atoms with Gasteiger partial charge >= 0.3 is 11.9 Å². The molecule has 0 saturated heterocycles. The van der Waals surface area contributed by atoms with Gasteiger partial charge in [-0.3, -0.25) is 5.41 Å². The van der Waals surface area contributed by atoms with Crippen molar-refractivity contribution >= 4 is 27.6 Å². The Morgan fingerprint density at radius 1 is 1.35 bits per heavy atom. The van der Waals surface area contributed by atoms with Crippen LogP contribution in [0.15, 0.2) is 0 Å². The highest BCUT2D eigenvalue weighted by atomic mass is 32.2. The Bertz CT molecular complexity index is 464. The first kappa shape index (κ1) is 13.4. The highest BCUT2D eigenvalue weighted by Crippen LogP contribution is 2.43. The number of amidine groups is 1. The summed E-state index contributed by atoms with van der Waals surface area (Å²) in [5.74, 6) is -2.83. The van der Waals surface area contributed by atoms with Crippen molar-refractivity contribution in [3.05, 3.63) is 0 Å². The zero-order chi connectivity index (χ0) is 13.3. The second kappa shape index (κ2) is 4.32. The lowest BCUT2D eigenvalue weighted by atomic mass is 10.4. The van der Waals surface area contributed by atoms with Crippen LogP contribution < -0.4 is 5.48 Å². The molecule has 1 aliphatic rings. The van der Waals surface area contributed by atoms with Gasteiger partial charge in [-0.1, -0.05) is 0 Å². The number of ether oxygens (including phenoxy) is 1. The van der Waals surface area contributed by atoms with Gasteiger partial charge in [-0.2, -0.15) is 5.48 Å². The van der Waals surface area contributed by atoms with Crippen molar-refractivity contribution < 1.29 is 27.6 Å². The van der Waals surface area contributed by atoms with Crippen molar-refractivity contribution in [1.82, 2.24) is 5.48 Å². The van der Waals surface area contributed by atoms with Crippen molar-refractivity contribution in [3.8, 4) is 0 Å². The average molecular weight is 264 g/mol. The molecule has 0 atom stereocenters. The lowest BCUT2D eigenvalue weighted by Crippen LogP contribution is -2.40. The van der Waals surface area contributed by atoms with E-state index in [1.54, 1.807) is 5.48 Å². The van der Waals surface area contributed by atoms with E-state index in [0.29, 0.717) is 0 Å². The number of hydrogen-bond donors (Lipinski definition) is 2. The summed E-state index contributed by atoms with van der Waals surface area (Å²) in [7, 11) is -2.51. The fourth-order valence-corrected chi connectivity index (χ4v) is 2.36. The zero-order valence-corrected chi connectivity index (χ0v) is 10.1. The van der Waals surface area contributed by atoms with Gasteiger partial charge in [0.1, 0.15) is 0 Å². The van der Waals surface area contributed by atoms with Gasteiger partial charge in [0.15, 0.2) is 14.6 Å². The highest BCUT2D eigenvalue weighted by molar-refractivity contribution is 7.93. The normalized spacial score (nSPS) is 16.8. The van der Waals surface area contributed by atoms with Crippen LogP contribution in [0.25, 0.3) is 0 Å². The van der Waals surface area contributed by atoms with Gasteiger partial charge < -0.3 is 9.57 Å². The molecule has 1 aliphatic carbocycles. The molecule has 0 aromatic rings. The third-order valence-corrected chi connectivity index (χ3v) is 4.42. The number of rotatable bonds is 2. The van der Waals surface area contributed by atoms with Crippen LogP contribution in [0.3, 0.4) is 0 Å². The van der Waals surface area contributed by atoms with Gasteiger partial charge in [-0.15, -0.1) is 0 Å². The van der Waals surface area contributed by atoms with Crippen LogP contribution in [0.4, 0.5) is 0 Å². The van der Waals surface area contributed by atoms with Gasteiger partial charge in [0.2, 0.25) is 5.84 Å². The first-order valence-corrected chi connectivity index (χ1v) is 6.47. The summed E-state index contributed by atoms with van der Waals surface area (Å²) < 4.78 is 25.3. The third-order valence-electron chi connectivity index (χ3n) is 2.42. The van der Waals surface area contributed by atoms with E-state index in [1.165, 1.54) is 0 Å². The monoisotopic (exact) mass is 264 g/mol. The molecule has 96 valence electrons. The minimum atomic E-state index is -3.57. The fourth-order valence-electron chi connectivity index (χ4n) is 1.17. The van der Waals surface area contributed by atoms with Crippen LogP contribution in [0.1, 0.15) is 12.8 Å². The van der Waals surface area contributed by atoms with E-state index in [9.17, 15) is 18.0 Å². The molecular formula is C8H12N2O6S. The molecule has 1 fully saturated rings. The van der Waals surface area contributed by atoms with E-state index >= 15 is 0 Å². The van der Waals surface area contributed by atoms with Gasteiger partial charge in [0, 0.05) is 6.26 Å². The van der Waals surface area contributed by atoms with E-state index in [4.69, 9.17) is 5.41 Å². The van der Waals surface area contributed by atoms with Gasteiger partial charge in [-0.05, 0) is 12.8 Å². The molecular weight excluding hydrogens is 252 g/mol. The first-order valence-electron chi connectivity index (χ1n) is 4.58. The molecule has 2 N–H and O–H groups in total. The number of carbonyl (C=O) groups is 2. The summed E-state index contributed by atoms with van der Waals surface area (Å²) in [5, 5.41) is 7.06. The quantitative estimate of drug-likeness (QED) is 0.277. The van der Waals surface area contributed by atoms with Crippen molar-refractivity contribution in [1.29, 1.82) is 5.41 Å². The van der Waals surface area contributed by atoms with Crippen LogP contribution in [0.2, 0.25) is 0 Å². The Morgan fingerprint density at radius 3 is 2.24 bits per heavy atom. The maximum absolute atomic E-state index is 11.5. The summed E-state index contributed by atoms with van der Waals surface area (Å²) in [6, 6.07) is 0. The van der Waals surface area contributed by atoms with Gasteiger partial charge in [0.25, 0.3) is 0 Å². The van der Waals surface area contributed by atoms with Crippen molar-refractivity contribution in [2.24, 2.45) is 0 Å². The molecule has 1 rings (SSSR count). The number of esters is 1. The number of nitrogens with one attached hydrogen (secondary N) is 2. The molecule has 0 aliphatic heterocycles. The number of hydrogen-bond acceptors (Lipinski definition) is 7. The van der Waals surface area contributed by atoms with Crippen molar-refractivity contribution in [2.45, 2.75) is 17.6 Å². The zero-order valence-electron chi connectivity index (χ0n) is 9.27. The number of hydroxylamine groups is 1. The van der Waals surface area contributed by atoms with Gasteiger partial charge in [0.05, 0.1) is 7.11 Å². The van der Waals surface area contributed by atoms with Crippen molar-refractivity contribution in [2.75, 3.05) is 13.4 Å². The largest absolute Gasteiger partial charge is 0.463 e.